The fraction of sp³-hybridized carbons (Fsp3) is 0.100. The number of primary amides is 1. The summed E-state index contributed by atoms with van der Waals surface area (Å²) in [6.07, 6.45) is 0. The average Bonchev–Trinajstić information content (AvgIpc) is 3.08. The highest BCUT2D eigenvalue weighted by Gasteiger charge is 2.22. The van der Waals surface area contributed by atoms with E-state index in [9.17, 15) is 14.7 Å². The van der Waals surface area contributed by atoms with Gasteiger partial charge in [-0.25, -0.2) is 19.3 Å². The number of para-hydroxylation sites is 1. The lowest BCUT2D eigenvalue weighted by molar-refractivity contribution is 0.0997. The van der Waals surface area contributed by atoms with Crippen LogP contribution in [0.15, 0.2) is 47.3 Å². The number of methoxy groups -OCH3 is 2. The molecule has 1 amide bonds. The first-order valence-corrected chi connectivity index (χ1v) is 8.78. The Kier molecular flexibility index (Phi) is 4.59. The smallest absolute Gasteiger partial charge is 0.332 e. The molecular weight excluding hydrogens is 390 g/mol. The molecule has 2 aromatic carbocycles. The molecule has 0 atom stereocenters. The molecule has 4 aromatic rings. The summed E-state index contributed by atoms with van der Waals surface area (Å²) in [6.45, 7) is 0. The first-order valence-electron chi connectivity index (χ1n) is 8.78. The fourth-order valence-electron chi connectivity index (χ4n) is 3.14. The molecule has 0 aliphatic rings. The molecule has 4 rings (SSSR count). The second kappa shape index (κ2) is 7.24. The Morgan fingerprint density at radius 3 is 2.57 bits per heavy atom. The van der Waals surface area contributed by atoms with E-state index in [2.05, 4.69) is 15.0 Å². The molecule has 0 fully saturated rings. The van der Waals surface area contributed by atoms with Gasteiger partial charge < -0.3 is 25.3 Å². The normalized spacial score (nSPS) is 10.9. The monoisotopic (exact) mass is 407 g/mol. The molecule has 0 unspecified atom stereocenters. The number of hydrogen-bond acceptors (Lipinski definition) is 7. The summed E-state index contributed by atoms with van der Waals surface area (Å²) in [5.74, 6) is -0.0194. The Morgan fingerprint density at radius 1 is 1.13 bits per heavy atom. The molecule has 10 nitrogen and oxygen atoms in total. The molecule has 4 N–H and O–H groups in total. The molecule has 0 bridgehead atoms. The van der Waals surface area contributed by atoms with Gasteiger partial charge in [0.1, 0.15) is 22.8 Å². The number of phenols is 1. The number of aromatic nitrogens is 4. The third-order valence-corrected chi connectivity index (χ3v) is 4.54. The van der Waals surface area contributed by atoms with Gasteiger partial charge in [0.25, 0.3) is 5.91 Å². The zero-order valence-electron chi connectivity index (χ0n) is 16.0. The van der Waals surface area contributed by atoms with Gasteiger partial charge in [0.05, 0.1) is 25.5 Å². The van der Waals surface area contributed by atoms with Gasteiger partial charge in [0.15, 0.2) is 17.2 Å². The molecule has 0 spiro atoms. The number of hydrogen-bond donors (Lipinski definition) is 3. The van der Waals surface area contributed by atoms with Gasteiger partial charge in [-0.3, -0.25) is 4.79 Å². The van der Waals surface area contributed by atoms with Crippen LogP contribution in [0.4, 0.5) is 0 Å². The van der Waals surface area contributed by atoms with E-state index in [1.54, 1.807) is 36.4 Å². The zero-order valence-corrected chi connectivity index (χ0v) is 16.0. The van der Waals surface area contributed by atoms with Crippen molar-refractivity contribution in [3.8, 4) is 34.3 Å². The number of aromatic amines is 1. The summed E-state index contributed by atoms with van der Waals surface area (Å²) in [6, 6.07) is 11.3. The van der Waals surface area contributed by atoms with Gasteiger partial charge in [-0.2, -0.15) is 0 Å². The zero-order chi connectivity index (χ0) is 21.4. The summed E-state index contributed by atoms with van der Waals surface area (Å²) in [5, 5.41) is 10.2. The van der Waals surface area contributed by atoms with Gasteiger partial charge in [-0.05, 0) is 24.3 Å². The first-order chi connectivity index (χ1) is 14.4. The van der Waals surface area contributed by atoms with E-state index in [0.29, 0.717) is 17.2 Å². The number of carbonyl (C=O) groups is 1. The topological polar surface area (TPSA) is 145 Å². The third kappa shape index (κ3) is 3.00. The Labute approximate surface area is 169 Å². The highest BCUT2D eigenvalue weighted by Crippen LogP contribution is 2.31. The number of rotatable bonds is 5. The largest absolute Gasteiger partial charge is 0.507 e. The maximum absolute atomic E-state index is 12.8. The van der Waals surface area contributed by atoms with Crippen molar-refractivity contribution in [1.29, 1.82) is 0 Å². The summed E-state index contributed by atoms with van der Waals surface area (Å²) < 4.78 is 11.8. The van der Waals surface area contributed by atoms with Crippen LogP contribution in [0.3, 0.4) is 0 Å². The number of nitrogens with one attached hydrogen (secondary N) is 1. The third-order valence-electron chi connectivity index (χ3n) is 4.54. The molecule has 0 aliphatic heterocycles. The van der Waals surface area contributed by atoms with Crippen LogP contribution in [0.2, 0.25) is 0 Å². The van der Waals surface area contributed by atoms with Crippen LogP contribution in [0.25, 0.3) is 28.2 Å². The molecular formula is C20H17N5O5. The van der Waals surface area contributed by atoms with Crippen molar-refractivity contribution >= 4 is 17.1 Å². The van der Waals surface area contributed by atoms with Gasteiger partial charge >= 0.3 is 5.69 Å². The molecule has 30 heavy (non-hydrogen) atoms. The van der Waals surface area contributed by atoms with E-state index in [0.717, 1.165) is 0 Å². The van der Waals surface area contributed by atoms with Crippen molar-refractivity contribution in [2.24, 2.45) is 5.73 Å². The van der Waals surface area contributed by atoms with Crippen molar-refractivity contribution in [1.82, 2.24) is 19.5 Å². The standard InChI is InChI=1S/C20H17N5O5/c1-29-10-7-8-12(14(9-10)30-2)25-19-16(23-20(25)28)15(17(21)27)22-18(24-19)11-5-3-4-6-13(11)26/h3-9,26H,1-2H3,(H2,21,27)(H,23,28). The number of nitrogens with zero attached hydrogens (tertiary/aromatic N) is 3. The number of benzene rings is 2. The lowest BCUT2D eigenvalue weighted by Crippen LogP contribution is -2.16. The van der Waals surface area contributed by atoms with Crippen molar-refractivity contribution < 1.29 is 19.4 Å². The van der Waals surface area contributed by atoms with Gasteiger partial charge in [-0.1, -0.05) is 12.1 Å². The van der Waals surface area contributed by atoms with Gasteiger partial charge in [0.2, 0.25) is 0 Å². The first kappa shape index (κ1) is 19.0. The second-order valence-electron chi connectivity index (χ2n) is 6.28. The number of aromatic hydroxyl groups is 1. The molecule has 152 valence electrons. The highest BCUT2D eigenvalue weighted by atomic mass is 16.5. The number of ether oxygens (including phenoxy) is 2. The van der Waals surface area contributed by atoms with Crippen molar-refractivity contribution in [3.63, 3.8) is 0 Å². The number of nitrogens with two attached hydrogens (primary N) is 1. The minimum absolute atomic E-state index is 0.0367. The van der Waals surface area contributed by atoms with Crippen LogP contribution < -0.4 is 20.9 Å². The minimum atomic E-state index is -0.853. The SMILES string of the molecule is COc1ccc(-n2c(=O)[nH]c3c(C(N)=O)nc(-c4ccccc4O)nc32)c(OC)c1. The average molecular weight is 407 g/mol. The van der Waals surface area contributed by atoms with Crippen LogP contribution in [-0.2, 0) is 0 Å². The molecule has 0 saturated heterocycles. The quantitative estimate of drug-likeness (QED) is 0.455. The molecule has 10 heteroatoms. The van der Waals surface area contributed by atoms with Gasteiger partial charge in [0, 0.05) is 6.07 Å². The van der Waals surface area contributed by atoms with Crippen LogP contribution in [-0.4, -0.2) is 44.8 Å². The van der Waals surface area contributed by atoms with Crippen molar-refractivity contribution in [2.75, 3.05) is 14.2 Å². The predicted octanol–water partition coefficient (Wildman–Crippen LogP) is 1.60. The Bertz CT molecular complexity index is 1340. The summed E-state index contributed by atoms with van der Waals surface area (Å²) in [5.41, 5.74) is 5.57. The summed E-state index contributed by atoms with van der Waals surface area (Å²) >= 11 is 0. The summed E-state index contributed by atoms with van der Waals surface area (Å²) in [7, 11) is 2.96. The van der Waals surface area contributed by atoms with Crippen LogP contribution in [0.1, 0.15) is 10.5 Å². The van der Waals surface area contributed by atoms with Crippen LogP contribution in [0.5, 0.6) is 17.2 Å². The van der Waals surface area contributed by atoms with Crippen LogP contribution >= 0.6 is 0 Å². The Hall–Kier alpha value is -4.34. The molecule has 0 aliphatic carbocycles. The maximum Gasteiger partial charge on any atom is 0.332 e. The van der Waals surface area contributed by atoms with E-state index in [1.165, 1.54) is 24.9 Å². The molecule has 0 saturated carbocycles. The number of amides is 1. The number of carbonyl (C=O) groups excluding carboxylic acids is 1. The molecule has 2 aromatic heterocycles. The summed E-state index contributed by atoms with van der Waals surface area (Å²) in [4.78, 5) is 36.0. The number of imidazole rings is 1. The fourth-order valence-corrected chi connectivity index (χ4v) is 3.14. The minimum Gasteiger partial charge on any atom is -0.507 e. The Balaban J connectivity index is 2.08. The second-order valence-corrected chi connectivity index (χ2v) is 6.28. The van der Waals surface area contributed by atoms with E-state index >= 15 is 0 Å². The predicted molar refractivity (Wildman–Crippen MR) is 108 cm³/mol. The molecule has 0 radical (unpaired) electrons. The van der Waals surface area contributed by atoms with E-state index in [1.807, 2.05) is 0 Å². The Morgan fingerprint density at radius 2 is 1.90 bits per heavy atom. The van der Waals surface area contributed by atoms with E-state index in [-0.39, 0.29) is 34.0 Å². The van der Waals surface area contributed by atoms with Crippen LogP contribution in [0, 0.1) is 0 Å². The van der Waals surface area contributed by atoms with Gasteiger partial charge in [-0.15, -0.1) is 0 Å². The van der Waals surface area contributed by atoms with E-state index in [4.69, 9.17) is 15.2 Å². The van der Waals surface area contributed by atoms with Crippen molar-refractivity contribution in [2.45, 2.75) is 0 Å². The number of phenolic OH excluding ortho intramolecular Hbond substituents is 1. The number of H-pyrrole nitrogens is 1. The van der Waals surface area contributed by atoms with E-state index < -0.39 is 11.6 Å². The number of fused-ring (bicyclic) bond motifs is 1. The maximum atomic E-state index is 12.8. The molecule has 2 heterocycles. The van der Waals surface area contributed by atoms with Crippen molar-refractivity contribution in [3.05, 3.63) is 58.6 Å². The highest BCUT2D eigenvalue weighted by molar-refractivity contribution is 6.02. The lowest BCUT2D eigenvalue weighted by Gasteiger charge is -2.11. The lowest BCUT2D eigenvalue weighted by atomic mass is 10.2.